The standard InChI is InChI=1S/C22H20N2O4/c1-27-20-11-10-17(12-21(20)28-15-16-6-3-2-4-7-16)14-23-24-19-9-5-8-18(13-19)22(25)26/h2-14,24H,15H2,1H3,(H,25,26)/b23-14+. The number of benzene rings is 3. The smallest absolute Gasteiger partial charge is 0.335 e. The van der Waals surface area contributed by atoms with E-state index < -0.39 is 5.97 Å². The molecular formula is C22H20N2O4. The third-order valence-corrected chi connectivity index (χ3v) is 3.94. The number of nitrogens with zero attached hydrogens (tertiary/aromatic N) is 1. The second kappa shape index (κ2) is 9.23. The number of anilines is 1. The molecule has 0 heterocycles. The number of hydrazone groups is 1. The van der Waals surface area contributed by atoms with Gasteiger partial charge in [0.2, 0.25) is 0 Å². The first kappa shape index (κ1) is 19.0. The van der Waals surface area contributed by atoms with Crippen molar-refractivity contribution in [3.8, 4) is 11.5 Å². The van der Waals surface area contributed by atoms with Gasteiger partial charge in [0.25, 0.3) is 0 Å². The Kier molecular flexibility index (Phi) is 6.25. The monoisotopic (exact) mass is 376 g/mol. The van der Waals surface area contributed by atoms with Crippen molar-refractivity contribution >= 4 is 17.9 Å². The maximum absolute atomic E-state index is 11.0. The first-order chi connectivity index (χ1) is 13.7. The molecule has 0 amide bonds. The molecule has 6 heteroatoms. The summed E-state index contributed by atoms with van der Waals surface area (Å²) in [5.74, 6) is 0.265. The van der Waals surface area contributed by atoms with Gasteiger partial charge in [-0.15, -0.1) is 0 Å². The molecule has 0 saturated carbocycles. The molecule has 0 aromatic heterocycles. The van der Waals surface area contributed by atoms with Gasteiger partial charge in [-0.1, -0.05) is 36.4 Å². The molecule has 0 unspecified atom stereocenters. The summed E-state index contributed by atoms with van der Waals surface area (Å²) in [6.45, 7) is 0.429. The normalized spacial score (nSPS) is 10.6. The maximum Gasteiger partial charge on any atom is 0.335 e. The van der Waals surface area contributed by atoms with E-state index in [1.165, 1.54) is 12.1 Å². The van der Waals surface area contributed by atoms with E-state index in [2.05, 4.69) is 10.5 Å². The van der Waals surface area contributed by atoms with Gasteiger partial charge in [0.15, 0.2) is 11.5 Å². The van der Waals surface area contributed by atoms with Crippen LogP contribution in [0.15, 0.2) is 77.9 Å². The number of methoxy groups -OCH3 is 1. The Labute approximate surface area is 163 Å². The number of ether oxygens (including phenoxy) is 2. The highest BCUT2D eigenvalue weighted by Gasteiger charge is 2.06. The van der Waals surface area contributed by atoms with E-state index >= 15 is 0 Å². The molecule has 0 aliphatic rings. The first-order valence-corrected chi connectivity index (χ1v) is 8.63. The molecule has 142 valence electrons. The summed E-state index contributed by atoms with van der Waals surface area (Å²) >= 11 is 0. The lowest BCUT2D eigenvalue weighted by atomic mass is 10.2. The maximum atomic E-state index is 11.0. The summed E-state index contributed by atoms with van der Waals surface area (Å²) in [6, 6.07) is 21.8. The topological polar surface area (TPSA) is 80.2 Å². The zero-order chi connectivity index (χ0) is 19.8. The quantitative estimate of drug-likeness (QED) is 0.449. The van der Waals surface area contributed by atoms with Crippen molar-refractivity contribution in [1.29, 1.82) is 0 Å². The number of carboxylic acids is 1. The molecule has 3 aromatic rings. The van der Waals surface area contributed by atoms with Gasteiger partial charge in [-0.3, -0.25) is 5.43 Å². The van der Waals surface area contributed by atoms with Gasteiger partial charge in [-0.05, 0) is 47.5 Å². The summed E-state index contributed by atoms with van der Waals surface area (Å²) < 4.78 is 11.2. The fourth-order valence-corrected chi connectivity index (χ4v) is 2.52. The zero-order valence-corrected chi connectivity index (χ0v) is 15.3. The van der Waals surface area contributed by atoms with Crippen LogP contribution in [0.2, 0.25) is 0 Å². The Balaban J connectivity index is 1.69. The van der Waals surface area contributed by atoms with Gasteiger partial charge in [0.1, 0.15) is 6.61 Å². The van der Waals surface area contributed by atoms with E-state index in [9.17, 15) is 4.79 Å². The van der Waals surface area contributed by atoms with Crippen LogP contribution in [0.4, 0.5) is 5.69 Å². The Bertz CT molecular complexity index is 971. The predicted octanol–water partition coefficient (Wildman–Crippen LogP) is 4.42. The summed E-state index contributed by atoms with van der Waals surface area (Å²) in [5.41, 5.74) is 5.48. The van der Waals surface area contributed by atoms with Crippen molar-refractivity contribution in [2.45, 2.75) is 6.61 Å². The fourth-order valence-electron chi connectivity index (χ4n) is 2.52. The summed E-state index contributed by atoms with van der Waals surface area (Å²) in [5, 5.41) is 13.2. The van der Waals surface area contributed by atoms with Crippen LogP contribution in [-0.4, -0.2) is 24.4 Å². The number of hydrogen-bond acceptors (Lipinski definition) is 5. The number of aromatic carboxylic acids is 1. The third kappa shape index (κ3) is 5.11. The second-order valence-corrected chi connectivity index (χ2v) is 5.94. The number of carboxylic acid groups (broad SMARTS) is 1. The van der Waals surface area contributed by atoms with Crippen LogP contribution < -0.4 is 14.9 Å². The van der Waals surface area contributed by atoms with Crippen LogP contribution in [0, 0.1) is 0 Å². The van der Waals surface area contributed by atoms with Gasteiger partial charge < -0.3 is 14.6 Å². The lowest BCUT2D eigenvalue weighted by molar-refractivity contribution is 0.0697. The number of nitrogens with one attached hydrogen (secondary N) is 1. The minimum absolute atomic E-state index is 0.196. The minimum atomic E-state index is -0.983. The predicted molar refractivity (Wildman–Crippen MR) is 108 cm³/mol. The van der Waals surface area contributed by atoms with Crippen LogP contribution >= 0.6 is 0 Å². The zero-order valence-electron chi connectivity index (χ0n) is 15.3. The largest absolute Gasteiger partial charge is 0.493 e. The van der Waals surface area contributed by atoms with Crippen molar-refractivity contribution < 1.29 is 19.4 Å². The Morgan fingerprint density at radius 1 is 1.04 bits per heavy atom. The average Bonchev–Trinajstić information content (AvgIpc) is 2.73. The van der Waals surface area contributed by atoms with Gasteiger partial charge in [-0.2, -0.15) is 5.10 Å². The van der Waals surface area contributed by atoms with Crippen LogP contribution in [0.1, 0.15) is 21.5 Å². The van der Waals surface area contributed by atoms with Gasteiger partial charge in [0, 0.05) is 0 Å². The molecule has 0 fully saturated rings. The second-order valence-electron chi connectivity index (χ2n) is 5.94. The van der Waals surface area contributed by atoms with Gasteiger partial charge >= 0.3 is 5.97 Å². The molecule has 0 bridgehead atoms. The van der Waals surface area contributed by atoms with E-state index in [-0.39, 0.29) is 5.56 Å². The highest BCUT2D eigenvalue weighted by Crippen LogP contribution is 2.28. The van der Waals surface area contributed by atoms with E-state index in [0.29, 0.717) is 23.8 Å². The van der Waals surface area contributed by atoms with Crippen molar-refractivity contribution in [2.75, 3.05) is 12.5 Å². The molecule has 0 saturated heterocycles. The van der Waals surface area contributed by atoms with Gasteiger partial charge in [-0.25, -0.2) is 4.79 Å². The van der Waals surface area contributed by atoms with Crippen molar-refractivity contribution in [2.24, 2.45) is 5.10 Å². The lowest BCUT2D eigenvalue weighted by Crippen LogP contribution is -1.99. The molecule has 0 aliphatic heterocycles. The molecule has 2 N–H and O–H groups in total. The first-order valence-electron chi connectivity index (χ1n) is 8.63. The third-order valence-electron chi connectivity index (χ3n) is 3.94. The molecular weight excluding hydrogens is 356 g/mol. The van der Waals surface area contributed by atoms with Crippen molar-refractivity contribution in [3.05, 3.63) is 89.5 Å². The molecule has 0 radical (unpaired) electrons. The fraction of sp³-hybridized carbons (Fsp3) is 0.0909. The molecule has 0 spiro atoms. The molecule has 0 aliphatic carbocycles. The van der Waals surface area contributed by atoms with E-state index in [4.69, 9.17) is 14.6 Å². The number of carbonyl (C=O) groups is 1. The average molecular weight is 376 g/mol. The molecule has 28 heavy (non-hydrogen) atoms. The Morgan fingerprint density at radius 3 is 2.61 bits per heavy atom. The van der Waals surface area contributed by atoms with Crippen molar-refractivity contribution in [3.63, 3.8) is 0 Å². The van der Waals surface area contributed by atoms with Crippen LogP contribution in [0.3, 0.4) is 0 Å². The van der Waals surface area contributed by atoms with E-state index in [1.807, 2.05) is 48.5 Å². The van der Waals surface area contributed by atoms with Crippen LogP contribution in [0.5, 0.6) is 11.5 Å². The van der Waals surface area contributed by atoms with Crippen LogP contribution in [0.25, 0.3) is 0 Å². The SMILES string of the molecule is COc1ccc(/C=N/Nc2cccc(C(=O)O)c2)cc1OCc1ccccc1. The van der Waals surface area contributed by atoms with Crippen LogP contribution in [-0.2, 0) is 6.61 Å². The molecule has 3 aromatic carbocycles. The Morgan fingerprint density at radius 2 is 1.86 bits per heavy atom. The lowest BCUT2D eigenvalue weighted by Gasteiger charge is -2.11. The summed E-state index contributed by atoms with van der Waals surface area (Å²) in [7, 11) is 1.59. The molecule has 6 nitrogen and oxygen atoms in total. The summed E-state index contributed by atoms with van der Waals surface area (Å²) in [4.78, 5) is 11.0. The highest BCUT2D eigenvalue weighted by atomic mass is 16.5. The number of rotatable bonds is 8. The van der Waals surface area contributed by atoms with E-state index in [0.717, 1.165) is 11.1 Å². The summed E-state index contributed by atoms with van der Waals surface area (Å²) in [6.07, 6.45) is 1.63. The van der Waals surface area contributed by atoms with Crippen molar-refractivity contribution in [1.82, 2.24) is 0 Å². The van der Waals surface area contributed by atoms with Gasteiger partial charge in [0.05, 0.1) is 24.6 Å². The molecule has 0 atom stereocenters. The minimum Gasteiger partial charge on any atom is -0.493 e. The van der Waals surface area contributed by atoms with E-state index in [1.54, 1.807) is 25.5 Å². The number of hydrogen-bond donors (Lipinski definition) is 2. The molecule has 3 rings (SSSR count). The Hall–Kier alpha value is -3.80. The highest BCUT2D eigenvalue weighted by molar-refractivity contribution is 5.89.